The molecule has 2 rings (SSSR count). The average molecular weight is 260 g/mol. The molecule has 2 unspecified atom stereocenters. The second-order valence-electron chi connectivity index (χ2n) is 5.17. The van der Waals surface area contributed by atoms with Gasteiger partial charge in [-0.05, 0) is 38.5 Å². The Kier molecular flexibility index (Phi) is 4.69. The maximum absolute atomic E-state index is 12.1. The highest BCUT2D eigenvalue weighted by Crippen LogP contribution is 2.26. The van der Waals surface area contributed by atoms with E-state index in [1.807, 2.05) is 0 Å². The van der Waals surface area contributed by atoms with Gasteiger partial charge in [0.15, 0.2) is 0 Å². The van der Waals surface area contributed by atoms with Gasteiger partial charge < -0.3 is 10.1 Å². The van der Waals surface area contributed by atoms with Crippen LogP contribution in [0.2, 0.25) is 0 Å². The molecule has 0 spiro atoms. The lowest BCUT2D eigenvalue weighted by atomic mass is 9.93. The zero-order valence-electron chi connectivity index (χ0n) is 10.5. The lowest BCUT2D eigenvalue weighted by Gasteiger charge is -2.27. The first-order valence-corrected chi connectivity index (χ1v) is 7.20. The van der Waals surface area contributed by atoms with Crippen molar-refractivity contribution >= 4 is 17.5 Å². The van der Waals surface area contributed by atoms with Crippen LogP contribution in [0.4, 0.5) is 0 Å². The van der Waals surface area contributed by atoms with Gasteiger partial charge in [-0.2, -0.15) is 0 Å². The van der Waals surface area contributed by atoms with Crippen LogP contribution in [0, 0.1) is 5.92 Å². The largest absolute Gasteiger partial charge is 0.377 e. The van der Waals surface area contributed by atoms with Crippen LogP contribution in [0.1, 0.15) is 45.4 Å². The third-order valence-electron chi connectivity index (χ3n) is 3.95. The van der Waals surface area contributed by atoms with Crippen molar-refractivity contribution in [3.05, 3.63) is 0 Å². The Morgan fingerprint density at radius 1 is 1.29 bits per heavy atom. The number of alkyl halides is 1. The van der Waals surface area contributed by atoms with Gasteiger partial charge in [0, 0.05) is 18.0 Å². The van der Waals surface area contributed by atoms with Gasteiger partial charge in [-0.25, -0.2) is 0 Å². The van der Waals surface area contributed by atoms with Crippen molar-refractivity contribution < 1.29 is 9.53 Å². The van der Waals surface area contributed by atoms with Crippen molar-refractivity contribution in [3.63, 3.8) is 0 Å². The molecule has 1 saturated heterocycles. The van der Waals surface area contributed by atoms with Crippen molar-refractivity contribution in [2.24, 2.45) is 5.92 Å². The molecule has 1 aliphatic carbocycles. The summed E-state index contributed by atoms with van der Waals surface area (Å²) in [4.78, 5) is 12.1. The molecular formula is C13H22ClNO2. The van der Waals surface area contributed by atoms with Crippen LogP contribution in [0.3, 0.4) is 0 Å². The maximum Gasteiger partial charge on any atom is 0.226 e. The fourth-order valence-corrected chi connectivity index (χ4v) is 3.11. The van der Waals surface area contributed by atoms with Crippen LogP contribution in [0.25, 0.3) is 0 Å². The summed E-state index contributed by atoms with van der Waals surface area (Å²) in [5, 5.41) is 3.47. The molecule has 0 bridgehead atoms. The Labute approximate surface area is 108 Å². The standard InChI is InChI=1S/C13H22ClNO2/c1-2-12-11(7-8-17-12)13(16)15-10-5-3-9(14)4-6-10/h9-12H,2-8H2,1H3,(H,15,16). The van der Waals surface area contributed by atoms with E-state index in [4.69, 9.17) is 16.3 Å². The molecule has 3 nitrogen and oxygen atoms in total. The lowest BCUT2D eigenvalue weighted by molar-refractivity contribution is -0.127. The lowest BCUT2D eigenvalue weighted by Crippen LogP contribution is -2.43. The van der Waals surface area contributed by atoms with Gasteiger partial charge in [0.05, 0.1) is 12.0 Å². The van der Waals surface area contributed by atoms with E-state index >= 15 is 0 Å². The maximum atomic E-state index is 12.1. The first-order valence-electron chi connectivity index (χ1n) is 6.76. The molecule has 0 aromatic rings. The molecule has 2 aliphatic rings. The average Bonchev–Trinajstić information content (AvgIpc) is 2.80. The summed E-state index contributed by atoms with van der Waals surface area (Å²) in [5.41, 5.74) is 0. The Bertz CT molecular complexity index is 264. The summed E-state index contributed by atoms with van der Waals surface area (Å²) in [5.74, 6) is 0.251. The molecule has 1 N–H and O–H groups in total. The molecule has 0 aromatic carbocycles. The molecule has 0 aromatic heterocycles. The number of nitrogens with one attached hydrogen (secondary N) is 1. The van der Waals surface area contributed by atoms with Gasteiger partial charge in [0.2, 0.25) is 5.91 Å². The highest BCUT2D eigenvalue weighted by atomic mass is 35.5. The minimum atomic E-state index is 0.0636. The Morgan fingerprint density at radius 3 is 2.65 bits per heavy atom. The molecule has 1 amide bonds. The van der Waals surface area contributed by atoms with E-state index in [2.05, 4.69) is 12.2 Å². The predicted molar refractivity (Wildman–Crippen MR) is 68.2 cm³/mol. The van der Waals surface area contributed by atoms with Crippen LogP contribution < -0.4 is 5.32 Å². The number of halogens is 1. The Morgan fingerprint density at radius 2 is 2.00 bits per heavy atom. The fourth-order valence-electron chi connectivity index (χ4n) is 2.86. The summed E-state index contributed by atoms with van der Waals surface area (Å²) in [7, 11) is 0. The van der Waals surface area contributed by atoms with Gasteiger partial charge in [-0.1, -0.05) is 6.92 Å². The van der Waals surface area contributed by atoms with E-state index in [1.54, 1.807) is 0 Å². The second-order valence-corrected chi connectivity index (χ2v) is 5.79. The summed E-state index contributed by atoms with van der Waals surface area (Å²) in [6.07, 6.45) is 5.99. The molecule has 2 fully saturated rings. The van der Waals surface area contributed by atoms with Crippen molar-refractivity contribution in [1.82, 2.24) is 5.32 Å². The first kappa shape index (κ1) is 13.2. The van der Waals surface area contributed by atoms with E-state index in [0.717, 1.165) is 45.1 Å². The summed E-state index contributed by atoms with van der Waals surface area (Å²) in [6, 6.07) is 0.329. The first-order chi connectivity index (χ1) is 8.20. The monoisotopic (exact) mass is 259 g/mol. The SMILES string of the molecule is CCC1OCCC1C(=O)NC1CCC(Cl)CC1. The zero-order chi connectivity index (χ0) is 12.3. The summed E-state index contributed by atoms with van der Waals surface area (Å²) in [6.45, 7) is 2.81. The van der Waals surface area contributed by atoms with Crippen molar-refractivity contribution in [3.8, 4) is 0 Å². The van der Waals surface area contributed by atoms with Crippen molar-refractivity contribution in [2.45, 2.75) is 63.0 Å². The minimum absolute atomic E-state index is 0.0636. The molecule has 1 aliphatic heterocycles. The van der Waals surface area contributed by atoms with Gasteiger partial charge in [-0.15, -0.1) is 11.6 Å². The van der Waals surface area contributed by atoms with E-state index < -0.39 is 0 Å². The molecular weight excluding hydrogens is 238 g/mol. The van der Waals surface area contributed by atoms with Gasteiger partial charge in [0.1, 0.15) is 0 Å². The smallest absolute Gasteiger partial charge is 0.226 e. The third kappa shape index (κ3) is 3.35. The predicted octanol–water partition coefficient (Wildman–Crippen LogP) is 2.47. The van der Waals surface area contributed by atoms with Crippen molar-refractivity contribution in [2.75, 3.05) is 6.61 Å². The topological polar surface area (TPSA) is 38.3 Å². The van der Waals surface area contributed by atoms with Crippen molar-refractivity contribution in [1.29, 1.82) is 0 Å². The van der Waals surface area contributed by atoms with Crippen LogP contribution >= 0.6 is 11.6 Å². The van der Waals surface area contributed by atoms with Crippen LogP contribution in [-0.2, 0) is 9.53 Å². The highest BCUT2D eigenvalue weighted by Gasteiger charge is 2.34. The van der Waals surface area contributed by atoms with Crippen LogP contribution in [0.5, 0.6) is 0 Å². The number of ether oxygens (including phenoxy) is 1. The van der Waals surface area contributed by atoms with Crippen LogP contribution in [-0.4, -0.2) is 30.0 Å². The van der Waals surface area contributed by atoms with Gasteiger partial charge >= 0.3 is 0 Å². The highest BCUT2D eigenvalue weighted by molar-refractivity contribution is 6.20. The quantitative estimate of drug-likeness (QED) is 0.791. The van der Waals surface area contributed by atoms with E-state index in [9.17, 15) is 4.79 Å². The van der Waals surface area contributed by atoms with Gasteiger partial charge in [0.25, 0.3) is 0 Å². The zero-order valence-corrected chi connectivity index (χ0v) is 11.2. The number of amides is 1. The Balaban J connectivity index is 1.80. The molecule has 4 heteroatoms. The number of carbonyl (C=O) groups excluding carboxylic acids is 1. The molecule has 98 valence electrons. The van der Waals surface area contributed by atoms with E-state index in [1.165, 1.54) is 0 Å². The number of carbonyl (C=O) groups is 1. The second kappa shape index (κ2) is 6.05. The summed E-state index contributed by atoms with van der Waals surface area (Å²) >= 11 is 6.06. The van der Waals surface area contributed by atoms with Crippen LogP contribution in [0.15, 0.2) is 0 Å². The summed E-state index contributed by atoms with van der Waals surface area (Å²) < 4.78 is 5.56. The molecule has 17 heavy (non-hydrogen) atoms. The minimum Gasteiger partial charge on any atom is -0.377 e. The molecule has 2 atom stereocenters. The Hall–Kier alpha value is -0.280. The van der Waals surface area contributed by atoms with E-state index in [0.29, 0.717) is 11.4 Å². The molecule has 1 saturated carbocycles. The normalized spacial score (nSPS) is 38.0. The number of rotatable bonds is 3. The fraction of sp³-hybridized carbons (Fsp3) is 0.923. The molecule has 0 radical (unpaired) electrons. The van der Waals surface area contributed by atoms with Gasteiger partial charge in [-0.3, -0.25) is 4.79 Å². The van der Waals surface area contributed by atoms with E-state index in [-0.39, 0.29) is 17.9 Å². The number of hydrogen-bond donors (Lipinski definition) is 1. The molecule has 1 heterocycles. The third-order valence-corrected chi connectivity index (χ3v) is 4.39. The number of hydrogen-bond acceptors (Lipinski definition) is 2.